The summed E-state index contributed by atoms with van der Waals surface area (Å²) >= 11 is 3.44. The number of carbonyl (C=O) groups excluding carboxylic acids is 2. The van der Waals surface area contributed by atoms with E-state index in [-0.39, 0.29) is 11.9 Å². The molecule has 6 nitrogen and oxygen atoms in total. The predicted molar refractivity (Wildman–Crippen MR) is 104 cm³/mol. The molecule has 0 atom stereocenters. The lowest BCUT2D eigenvalue weighted by Gasteiger charge is -2.17. The Morgan fingerprint density at radius 3 is 2.42 bits per heavy atom. The van der Waals surface area contributed by atoms with Gasteiger partial charge >= 0.3 is 11.9 Å². The zero-order valence-corrected chi connectivity index (χ0v) is 16.8. The molecule has 2 N–H and O–H groups in total. The van der Waals surface area contributed by atoms with E-state index < -0.39 is 0 Å². The van der Waals surface area contributed by atoms with Crippen LogP contribution in [-0.2, 0) is 20.8 Å². The van der Waals surface area contributed by atoms with Crippen LogP contribution in [0.5, 0.6) is 0 Å². The van der Waals surface area contributed by atoms with Crippen LogP contribution in [0.4, 0.5) is 5.69 Å². The molecular weight excluding hydrogens is 400 g/mol. The summed E-state index contributed by atoms with van der Waals surface area (Å²) in [5, 5.41) is 0. The van der Waals surface area contributed by atoms with Crippen molar-refractivity contribution >= 4 is 33.6 Å². The van der Waals surface area contributed by atoms with Crippen molar-refractivity contribution < 1.29 is 19.1 Å². The molecule has 0 aromatic heterocycles. The summed E-state index contributed by atoms with van der Waals surface area (Å²) in [5.74, 6) is -0.608. The minimum atomic E-state index is -0.339. The van der Waals surface area contributed by atoms with Crippen LogP contribution >= 0.6 is 15.9 Å². The zero-order valence-electron chi connectivity index (χ0n) is 15.3. The van der Waals surface area contributed by atoms with Crippen LogP contribution in [0.15, 0.2) is 16.6 Å². The SMILES string of the molecule is CC(=O)OCCCCCOC(=O)c1cc(Br)c(N)c(CN2CCCC2)c1. The number of nitrogen functional groups attached to an aromatic ring is 1. The van der Waals surface area contributed by atoms with E-state index in [0.717, 1.165) is 48.9 Å². The van der Waals surface area contributed by atoms with E-state index in [1.54, 1.807) is 6.07 Å². The van der Waals surface area contributed by atoms with Crippen molar-refractivity contribution in [2.24, 2.45) is 0 Å². The van der Waals surface area contributed by atoms with Crippen molar-refractivity contribution in [3.63, 3.8) is 0 Å². The summed E-state index contributed by atoms with van der Waals surface area (Å²) in [7, 11) is 0. The fourth-order valence-corrected chi connectivity index (χ4v) is 3.45. The van der Waals surface area contributed by atoms with E-state index in [1.807, 2.05) is 6.07 Å². The molecule has 1 aromatic carbocycles. The first kappa shape index (κ1) is 20.7. The Morgan fingerprint density at radius 2 is 1.77 bits per heavy atom. The van der Waals surface area contributed by atoms with E-state index >= 15 is 0 Å². The Labute approximate surface area is 163 Å². The van der Waals surface area contributed by atoms with Crippen LogP contribution in [0.1, 0.15) is 54.9 Å². The standard InChI is InChI=1S/C19H27BrN2O4/c1-14(23)25-9-5-2-6-10-26-19(24)15-11-16(18(21)17(20)12-15)13-22-7-3-4-8-22/h11-12H,2-10,13,21H2,1H3. The topological polar surface area (TPSA) is 81.9 Å². The number of hydrogen-bond acceptors (Lipinski definition) is 6. The molecule has 0 radical (unpaired) electrons. The molecule has 7 heteroatoms. The third kappa shape index (κ3) is 6.61. The second kappa shape index (κ2) is 10.5. The van der Waals surface area contributed by atoms with Gasteiger partial charge in [-0.05, 0) is 78.8 Å². The fourth-order valence-electron chi connectivity index (χ4n) is 2.95. The first-order valence-electron chi connectivity index (χ1n) is 9.08. The van der Waals surface area contributed by atoms with E-state index in [4.69, 9.17) is 15.2 Å². The van der Waals surface area contributed by atoms with Gasteiger partial charge in [0.15, 0.2) is 0 Å². The number of nitrogens with zero attached hydrogens (tertiary/aromatic N) is 1. The molecule has 0 amide bonds. The van der Waals surface area contributed by atoms with E-state index in [9.17, 15) is 9.59 Å². The molecule has 1 saturated heterocycles. The normalized spacial score (nSPS) is 14.4. The lowest BCUT2D eigenvalue weighted by Crippen LogP contribution is -2.20. The summed E-state index contributed by atoms with van der Waals surface area (Å²) < 4.78 is 10.9. The largest absolute Gasteiger partial charge is 0.466 e. The van der Waals surface area contributed by atoms with Crippen LogP contribution in [0, 0.1) is 0 Å². The van der Waals surface area contributed by atoms with Crippen molar-refractivity contribution in [3.8, 4) is 0 Å². The molecule has 0 unspecified atom stereocenters. The Balaban J connectivity index is 1.82. The molecule has 0 aliphatic carbocycles. The number of unbranched alkanes of at least 4 members (excludes halogenated alkanes) is 2. The number of likely N-dealkylation sites (tertiary alicyclic amines) is 1. The number of hydrogen-bond donors (Lipinski definition) is 1. The lowest BCUT2D eigenvalue weighted by atomic mass is 10.1. The highest BCUT2D eigenvalue weighted by Crippen LogP contribution is 2.28. The molecular formula is C19H27BrN2O4. The van der Waals surface area contributed by atoms with Crippen LogP contribution in [0.3, 0.4) is 0 Å². The van der Waals surface area contributed by atoms with Gasteiger partial charge in [-0.1, -0.05) is 0 Å². The first-order valence-corrected chi connectivity index (χ1v) is 9.87. The van der Waals surface area contributed by atoms with Gasteiger partial charge in [0.25, 0.3) is 0 Å². The number of esters is 2. The van der Waals surface area contributed by atoms with E-state index in [2.05, 4.69) is 20.8 Å². The highest BCUT2D eigenvalue weighted by molar-refractivity contribution is 9.10. The van der Waals surface area contributed by atoms with Crippen molar-refractivity contribution in [2.75, 3.05) is 32.0 Å². The van der Waals surface area contributed by atoms with Gasteiger partial charge in [0, 0.05) is 17.9 Å². The number of nitrogens with two attached hydrogens (primary N) is 1. The average Bonchev–Trinajstić information content (AvgIpc) is 3.10. The van der Waals surface area contributed by atoms with Gasteiger partial charge in [-0.2, -0.15) is 0 Å². The van der Waals surface area contributed by atoms with Gasteiger partial charge in [0.2, 0.25) is 0 Å². The summed E-state index contributed by atoms with van der Waals surface area (Å²) in [4.78, 5) is 25.3. The average molecular weight is 427 g/mol. The van der Waals surface area contributed by atoms with Crippen molar-refractivity contribution in [3.05, 3.63) is 27.7 Å². The Hall–Kier alpha value is -1.60. The van der Waals surface area contributed by atoms with Gasteiger partial charge in [-0.15, -0.1) is 0 Å². The molecule has 1 fully saturated rings. The van der Waals surface area contributed by atoms with Crippen molar-refractivity contribution in [2.45, 2.75) is 45.6 Å². The monoisotopic (exact) mass is 426 g/mol. The van der Waals surface area contributed by atoms with Crippen LogP contribution < -0.4 is 5.73 Å². The summed E-state index contributed by atoms with van der Waals surface area (Å²) in [5.41, 5.74) is 8.30. The molecule has 1 aliphatic rings. The zero-order chi connectivity index (χ0) is 18.9. The van der Waals surface area contributed by atoms with Crippen molar-refractivity contribution in [1.82, 2.24) is 4.90 Å². The fraction of sp³-hybridized carbons (Fsp3) is 0.579. The quantitative estimate of drug-likeness (QED) is 0.369. The third-order valence-electron chi connectivity index (χ3n) is 4.37. The molecule has 2 rings (SSSR count). The van der Waals surface area contributed by atoms with Crippen molar-refractivity contribution in [1.29, 1.82) is 0 Å². The molecule has 0 saturated carbocycles. The molecule has 1 heterocycles. The van der Waals surface area contributed by atoms with Gasteiger partial charge < -0.3 is 15.2 Å². The Bertz CT molecular complexity index is 630. The maximum atomic E-state index is 12.3. The number of ether oxygens (including phenoxy) is 2. The highest BCUT2D eigenvalue weighted by atomic mass is 79.9. The molecule has 0 bridgehead atoms. The Morgan fingerprint density at radius 1 is 1.12 bits per heavy atom. The highest BCUT2D eigenvalue weighted by Gasteiger charge is 2.17. The molecule has 144 valence electrons. The first-order chi connectivity index (χ1) is 12.5. The number of benzene rings is 1. The van der Waals surface area contributed by atoms with Gasteiger partial charge in [0.05, 0.1) is 24.5 Å². The van der Waals surface area contributed by atoms with E-state index in [1.165, 1.54) is 19.8 Å². The number of halogens is 1. The molecule has 1 aromatic rings. The maximum Gasteiger partial charge on any atom is 0.338 e. The smallest absolute Gasteiger partial charge is 0.338 e. The Kier molecular flexibility index (Phi) is 8.38. The minimum absolute atomic E-state index is 0.268. The predicted octanol–water partition coefficient (Wildman–Crippen LogP) is 3.52. The minimum Gasteiger partial charge on any atom is -0.466 e. The lowest BCUT2D eigenvalue weighted by molar-refractivity contribution is -0.141. The van der Waals surface area contributed by atoms with E-state index in [0.29, 0.717) is 24.5 Å². The van der Waals surface area contributed by atoms with Crippen LogP contribution in [-0.4, -0.2) is 43.1 Å². The molecule has 26 heavy (non-hydrogen) atoms. The second-order valence-electron chi connectivity index (χ2n) is 6.55. The maximum absolute atomic E-state index is 12.3. The number of rotatable bonds is 9. The number of carbonyl (C=O) groups is 2. The van der Waals surface area contributed by atoms with Crippen LogP contribution in [0.2, 0.25) is 0 Å². The molecule has 1 aliphatic heterocycles. The van der Waals surface area contributed by atoms with Gasteiger partial charge in [-0.25, -0.2) is 4.79 Å². The number of anilines is 1. The summed E-state index contributed by atoms with van der Waals surface area (Å²) in [6.45, 7) is 5.04. The second-order valence-corrected chi connectivity index (χ2v) is 7.41. The van der Waals surface area contributed by atoms with Gasteiger partial charge in [-0.3, -0.25) is 9.69 Å². The third-order valence-corrected chi connectivity index (χ3v) is 5.03. The van der Waals surface area contributed by atoms with Crippen LogP contribution in [0.25, 0.3) is 0 Å². The van der Waals surface area contributed by atoms with Gasteiger partial charge in [0.1, 0.15) is 0 Å². The summed E-state index contributed by atoms with van der Waals surface area (Å²) in [6.07, 6.45) is 4.76. The summed E-state index contributed by atoms with van der Waals surface area (Å²) in [6, 6.07) is 3.55. The molecule has 0 spiro atoms.